The molecule has 3 amide bonds. The number of carbonyl (C=O) groups excluding carboxylic acids is 3. The minimum atomic E-state index is -0.685. The van der Waals surface area contributed by atoms with Crippen molar-refractivity contribution in [1.82, 2.24) is 9.80 Å². The Morgan fingerprint density at radius 1 is 1.23 bits per heavy atom. The Balaban J connectivity index is 1.79. The van der Waals surface area contributed by atoms with E-state index in [9.17, 15) is 19.5 Å². The maximum Gasteiger partial charge on any atom is 0.262 e. The van der Waals surface area contributed by atoms with Gasteiger partial charge in [-0.1, -0.05) is 12.1 Å². The first kappa shape index (κ1) is 14.7. The van der Waals surface area contributed by atoms with E-state index in [2.05, 4.69) is 0 Å². The summed E-state index contributed by atoms with van der Waals surface area (Å²) < 4.78 is 0. The highest BCUT2D eigenvalue weighted by Gasteiger charge is 2.44. The van der Waals surface area contributed by atoms with Crippen LogP contribution in [0.4, 0.5) is 0 Å². The number of fused-ring (bicyclic) bond motifs is 1. The minimum absolute atomic E-state index is 0.289. The van der Waals surface area contributed by atoms with Gasteiger partial charge in [0.15, 0.2) is 0 Å². The van der Waals surface area contributed by atoms with E-state index in [1.807, 2.05) is 0 Å². The number of carbonyl (C=O) groups is 3. The number of imide groups is 1. The smallest absolute Gasteiger partial charge is 0.262 e. The Kier molecular flexibility index (Phi) is 3.29. The van der Waals surface area contributed by atoms with Crippen LogP contribution in [0.5, 0.6) is 0 Å². The van der Waals surface area contributed by atoms with E-state index in [1.165, 1.54) is 0 Å². The summed E-state index contributed by atoms with van der Waals surface area (Å²) >= 11 is 0. The van der Waals surface area contributed by atoms with Crippen LogP contribution in [-0.2, 0) is 4.79 Å². The van der Waals surface area contributed by atoms with Crippen LogP contribution in [0.25, 0.3) is 0 Å². The van der Waals surface area contributed by atoms with Gasteiger partial charge in [0.2, 0.25) is 5.91 Å². The Morgan fingerprint density at radius 3 is 2.23 bits per heavy atom. The van der Waals surface area contributed by atoms with E-state index >= 15 is 0 Å². The third-order valence-electron chi connectivity index (χ3n) is 4.61. The molecule has 0 radical (unpaired) electrons. The van der Waals surface area contributed by atoms with Crippen LogP contribution < -0.4 is 0 Å². The molecule has 1 N–H and O–H groups in total. The summed E-state index contributed by atoms with van der Waals surface area (Å²) in [7, 11) is 0. The largest absolute Gasteiger partial charge is 0.391 e. The van der Waals surface area contributed by atoms with Crippen LogP contribution in [-0.4, -0.2) is 57.4 Å². The van der Waals surface area contributed by atoms with Gasteiger partial charge in [-0.25, -0.2) is 0 Å². The lowest BCUT2D eigenvalue weighted by Gasteiger charge is -2.34. The summed E-state index contributed by atoms with van der Waals surface area (Å²) in [6, 6.07) is 6.55. The first-order valence-electron chi connectivity index (χ1n) is 7.28. The number of rotatable bonds is 2. The summed E-state index contributed by atoms with van der Waals surface area (Å²) in [5, 5.41) is 9.94. The Bertz CT molecular complexity index is 633. The number of aliphatic hydroxyl groups excluding tert-OH is 1. The van der Waals surface area contributed by atoms with Gasteiger partial charge in [-0.2, -0.15) is 0 Å². The molecule has 1 aromatic carbocycles. The van der Waals surface area contributed by atoms with E-state index in [0.29, 0.717) is 24.1 Å². The minimum Gasteiger partial charge on any atom is -0.391 e. The number of hydrogen-bond acceptors (Lipinski definition) is 4. The number of likely N-dealkylation sites (tertiary alicyclic amines) is 1. The predicted molar refractivity (Wildman–Crippen MR) is 78.2 cm³/mol. The second-order valence-electron chi connectivity index (χ2n) is 6.25. The van der Waals surface area contributed by atoms with Gasteiger partial charge in [0, 0.05) is 6.54 Å². The fourth-order valence-corrected chi connectivity index (χ4v) is 3.12. The molecule has 116 valence electrons. The molecule has 1 aromatic rings. The first-order chi connectivity index (χ1) is 10.3. The quantitative estimate of drug-likeness (QED) is 0.814. The van der Waals surface area contributed by atoms with E-state index in [1.54, 1.807) is 43.0 Å². The van der Waals surface area contributed by atoms with Crippen molar-refractivity contribution in [1.29, 1.82) is 0 Å². The molecule has 0 aromatic heterocycles. The van der Waals surface area contributed by atoms with Crippen molar-refractivity contribution >= 4 is 17.7 Å². The van der Waals surface area contributed by atoms with Crippen LogP contribution in [0.15, 0.2) is 24.3 Å². The number of aliphatic hydroxyl groups is 1. The second kappa shape index (κ2) is 4.91. The van der Waals surface area contributed by atoms with Gasteiger partial charge in [-0.05, 0) is 32.4 Å². The molecule has 6 heteroatoms. The second-order valence-corrected chi connectivity index (χ2v) is 6.25. The lowest BCUT2D eigenvalue weighted by molar-refractivity contribution is -0.136. The number of benzene rings is 1. The van der Waals surface area contributed by atoms with Crippen LogP contribution in [0, 0.1) is 0 Å². The molecule has 1 saturated heterocycles. The van der Waals surface area contributed by atoms with Crippen LogP contribution in [0.1, 0.15) is 41.0 Å². The summed E-state index contributed by atoms with van der Waals surface area (Å²) in [5.74, 6) is -1.20. The molecule has 0 saturated carbocycles. The van der Waals surface area contributed by atoms with Gasteiger partial charge in [-0.15, -0.1) is 0 Å². The van der Waals surface area contributed by atoms with Crippen LogP contribution in [0.3, 0.4) is 0 Å². The molecule has 0 bridgehead atoms. The fourth-order valence-electron chi connectivity index (χ4n) is 3.12. The highest BCUT2D eigenvalue weighted by atomic mass is 16.3. The van der Waals surface area contributed by atoms with Crippen molar-refractivity contribution in [3.8, 4) is 0 Å². The van der Waals surface area contributed by atoms with Gasteiger partial charge >= 0.3 is 0 Å². The van der Waals surface area contributed by atoms with Crippen molar-refractivity contribution in [2.75, 3.05) is 13.1 Å². The third-order valence-corrected chi connectivity index (χ3v) is 4.61. The van der Waals surface area contributed by atoms with Gasteiger partial charge in [-0.3, -0.25) is 19.3 Å². The molecule has 1 atom stereocenters. The summed E-state index contributed by atoms with van der Waals surface area (Å²) in [5.41, 5.74) is -0.0162. The third kappa shape index (κ3) is 2.02. The SMILES string of the molecule is CC1(C)C(O)CCN1C(=O)CN1C(=O)c2ccccc2C1=O. The van der Waals surface area contributed by atoms with Gasteiger partial charge in [0.1, 0.15) is 6.54 Å². The molecule has 1 unspecified atom stereocenters. The highest BCUT2D eigenvalue weighted by molar-refractivity contribution is 6.22. The normalized spacial score (nSPS) is 23.1. The zero-order chi connectivity index (χ0) is 16.1. The van der Waals surface area contributed by atoms with Crippen molar-refractivity contribution in [3.63, 3.8) is 0 Å². The topological polar surface area (TPSA) is 77.9 Å². The molecule has 6 nitrogen and oxygen atoms in total. The zero-order valence-electron chi connectivity index (χ0n) is 12.6. The zero-order valence-corrected chi connectivity index (χ0v) is 12.6. The molecule has 2 aliphatic heterocycles. The highest BCUT2D eigenvalue weighted by Crippen LogP contribution is 2.30. The van der Waals surface area contributed by atoms with Crippen LogP contribution in [0.2, 0.25) is 0 Å². The Hall–Kier alpha value is -2.21. The van der Waals surface area contributed by atoms with Crippen molar-refractivity contribution in [2.24, 2.45) is 0 Å². The van der Waals surface area contributed by atoms with Gasteiger partial charge in [0.25, 0.3) is 11.8 Å². The average molecular weight is 302 g/mol. The predicted octanol–water partition coefficient (Wildman–Crippen LogP) is 0.654. The van der Waals surface area contributed by atoms with Crippen molar-refractivity contribution in [3.05, 3.63) is 35.4 Å². The molecular formula is C16H18N2O4. The summed E-state index contributed by atoms with van der Waals surface area (Å²) in [6.45, 7) is 3.70. The molecule has 22 heavy (non-hydrogen) atoms. The number of amides is 3. The number of nitrogens with zero attached hydrogens (tertiary/aromatic N) is 2. The van der Waals surface area contributed by atoms with Crippen LogP contribution >= 0.6 is 0 Å². The molecule has 3 rings (SSSR count). The molecule has 2 aliphatic rings. The van der Waals surface area contributed by atoms with E-state index in [-0.39, 0.29) is 12.5 Å². The van der Waals surface area contributed by atoms with E-state index in [4.69, 9.17) is 0 Å². The Morgan fingerprint density at radius 2 is 1.77 bits per heavy atom. The van der Waals surface area contributed by atoms with Crippen molar-refractivity contribution < 1.29 is 19.5 Å². The fraction of sp³-hybridized carbons (Fsp3) is 0.438. The molecule has 0 spiro atoms. The summed E-state index contributed by atoms with van der Waals surface area (Å²) in [6.07, 6.45) is -0.0976. The van der Waals surface area contributed by atoms with Gasteiger partial charge in [0.05, 0.1) is 22.8 Å². The lowest BCUT2D eigenvalue weighted by Crippen LogP contribution is -2.51. The maximum atomic E-state index is 12.5. The lowest BCUT2D eigenvalue weighted by atomic mass is 9.99. The maximum absolute atomic E-state index is 12.5. The standard InChI is InChI=1S/C16H18N2O4/c1-16(2)12(19)7-8-18(16)13(20)9-17-14(21)10-5-3-4-6-11(10)15(17)22/h3-6,12,19H,7-9H2,1-2H3. The number of hydrogen-bond donors (Lipinski definition) is 1. The van der Waals surface area contributed by atoms with Gasteiger partial charge < -0.3 is 10.0 Å². The summed E-state index contributed by atoms with van der Waals surface area (Å²) in [4.78, 5) is 39.5. The molecule has 2 heterocycles. The molecule has 1 fully saturated rings. The average Bonchev–Trinajstić information content (AvgIpc) is 2.89. The monoisotopic (exact) mass is 302 g/mol. The van der Waals surface area contributed by atoms with Crippen molar-refractivity contribution in [2.45, 2.75) is 31.9 Å². The Labute approximate surface area is 128 Å². The first-order valence-corrected chi connectivity index (χ1v) is 7.28. The van der Waals surface area contributed by atoms with E-state index in [0.717, 1.165) is 4.90 Å². The molecular weight excluding hydrogens is 284 g/mol. The van der Waals surface area contributed by atoms with E-state index < -0.39 is 23.5 Å². The molecule has 0 aliphatic carbocycles.